The Labute approximate surface area is 120 Å². The van der Waals surface area contributed by atoms with Gasteiger partial charge in [0.05, 0.1) is 17.9 Å². The normalized spacial score (nSPS) is 11.3. The van der Waals surface area contributed by atoms with Gasteiger partial charge in [-0.05, 0) is 31.2 Å². The Kier molecular flexibility index (Phi) is 4.35. The summed E-state index contributed by atoms with van der Waals surface area (Å²) >= 11 is 0. The first kappa shape index (κ1) is 15.2. The molecule has 0 fully saturated rings. The predicted molar refractivity (Wildman–Crippen MR) is 75.4 cm³/mol. The molecule has 21 heavy (non-hydrogen) atoms. The number of halogens is 3. The minimum absolute atomic E-state index is 0.158. The zero-order chi connectivity index (χ0) is 15.5. The smallest absolute Gasteiger partial charge is 0.416 e. The summed E-state index contributed by atoms with van der Waals surface area (Å²) in [6.45, 7) is 2.24. The number of aromatic nitrogens is 1. The molecule has 0 spiro atoms. The second-order valence-corrected chi connectivity index (χ2v) is 4.30. The van der Waals surface area contributed by atoms with Crippen LogP contribution in [0.3, 0.4) is 0 Å². The molecule has 1 heterocycles. The van der Waals surface area contributed by atoms with Gasteiger partial charge in [-0.3, -0.25) is 0 Å². The van der Waals surface area contributed by atoms with Crippen molar-refractivity contribution in [1.82, 2.24) is 4.98 Å². The van der Waals surface area contributed by atoms with Crippen LogP contribution in [0.25, 0.3) is 11.3 Å². The van der Waals surface area contributed by atoms with E-state index in [2.05, 4.69) is 10.3 Å². The van der Waals surface area contributed by atoms with Crippen molar-refractivity contribution in [3.8, 4) is 17.0 Å². The van der Waals surface area contributed by atoms with Crippen molar-refractivity contribution in [3.05, 3.63) is 42.0 Å². The van der Waals surface area contributed by atoms with Gasteiger partial charge in [0.15, 0.2) is 0 Å². The average Bonchev–Trinajstić information content (AvgIpc) is 2.47. The van der Waals surface area contributed by atoms with Crippen LogP contribution in [-0.2, 0) is 6.18 Å². The number of para-hydroxylation sites is 1. The molecule has 0 saturated heterocycles. The number of benzene rings is 1. The molecule has 0 saturated carbocycles. The van der Waals surface area contributed by atoms with E-state index in [-0.39, 0.29) is 11.5 Å². The van der Waals surface area contributed by atoms with Gasteiger partial charge in [0, 0.05) is 12.6 Å². The number of ether oxygens (including phenoxy) is 1. The third-order valence-electron chi connectivity index (χ3n) is 2.87. The summed E-state index contributed by atoms with van der Waals surface area (Å²) in [7, 11) is 1.53. The lowest BCUT2D eigenvalue weighted by Gasteiger charge is -2.13. The maximum atomic E-state index is 13.0. The topological polar surface area (TPSA) is 34.1 Å². The molecule has 6 heteroatoms. The highest BCUT2D eigenvalue weighted by molar-refractivity contribution is 5.69. The van der Waals surface area contributed by atoms with Gasteiger partial charge >= 0.3 is 6.18 Å². The second-order valence-electron chi connectivity index (χ2n) is 4.30. The Morgan fingerprint density at radius 1 is 1.19 bits per heavy atom. The first-order valence-electron chi connectivity index (χ1n) is 6.45. The minimum atomic E-state index is -4.43. The summed E-state index contributed by atoms with van der Waals surface area (Å²) in [6.07, 6.45) is -4.43. The van der Waals surface area contributed by atoms with E-state index < -0.39 is 11.7 Å². The molecule has 1 aromatic carbocycles. The van der Waals surface area contributed by atoms with Crippen molar-refractivity contribution in [2.45, 2.75) is 13.1 Å². The molecule has 2 aromatic rings. The Morgan fingerprint density at radius 2 is 1.90 bits per heavy atom. The standard InChI is InChI=1S/C15H15F3N2O/c1-3-21-13-7-5-4-6-11(13)12-8-10(15(16,17)18)9-14(19-2)20-12/h4-9H,3H2,1-2H3,(H,19,20). The lowest BCUT2D eigenvalue weighted by molar-refractivity contribution is -0.137. The molecule has 0 atom stereocenters. The van der Waals surface area contributed by atoms with Gasteiger partial charge in [-0.1, -0.05) is 12.1 Å². The number of nitrogens with zero attached hydrogens (tertiary/aromatic N) is 1. The molecule has 0 amide bonds. The number of hydrogen-bond donors (Lipinski definition) is 1. The molecule has 1 N–H and O–H groups in total. The summed E-state index contributed by atoms with van der Waals surface area (Å²) in [4.78, 5) is 4.19. The molecule has 112 valence electrons. The van der Waals surface area contributed by atoms with Gasteiger partial charge in [0.25, 0.3) is 0 Å². The molecule has 0 aliphatic carbocycles. The van der Waals surface area contributed by atoms with Crippen LogP contribution < -0.4 is 10.1 Å². The van der Waals surface area contributed by atoms with Crippen LogP contribution in [0.15, 0.2) is 36.4 Å². The highest BCUT2D eigenvalue weighted by Crippen LogP contribution is 2.35. The van der Waals surface area contributed by atoms with E-state index in [0.717, 1.165) is 12.1 Å². The highest BCUT2D eigenvalue weighted by Gasteiger charge is 2.32. The number of alkyl halides is 3. The van der Waals surface area contributed by atoms with Gasteiger partial charge in [0.1, 0.15) is 11.6 Å². The molecule has 0 bridgehead atoms. The lowest BCUT2D eigenvalue weighted by Crippen LogP contribution is -2.07. The van der Waals surface area contributed by atoms with Crippen molar-refractivity contribution >= 4 is 5.82 Å². The monoisotopic (exact) mass is 296 g/mol. The van der Waals surface area contributed by atoms with Crippen molar-refractivity contribution < 1.29 is 17.9 Å². The quantitative estimate of drug-likeness (QED) is 0.917. The van der Waals surface area contributed by atoms with Gasteiger partial charge in [-0.2, -0.15) is 13.2 Å². The molecular weight excluding hydrogens is 281 g/mol. The molecule has 1 aromatic heterocycles. The SMILES string of the molecule is CCOc1ccccc1-c1cc(C(F)(F)F)cc(NC)n1. The van der Waals surface area contributed by atoms with Gasteiger partial charge in [-0.15, -0.1) is 0 Å². The zero-order valence-corrected chi connectivity index (χ0v) is 11.7. The Bertz CT molecular complexity index is 627. The minimum Gasteiger partial charge on any atom is -0.493 e. The Balaban J connectivity index is 2.58. The Morgan fingerprint density at radius 3 is 2.52 bits per heavy atom. The third kappa shape index (κ3) is 3.45. The molecule has 2 rings (SSSR count). The largest absolute Gasteiger partial charge is 0.493 e. The van der Waals surface area contributed by atoms with Crippen LogP contribution in [0.4, 0.5) is 19.0 Å². The summed E-state index contributed by atoms with van der Waals surface area (Å²) < 4.78 is 44.3. The highest BCUT2D eigenvalue weighted by atomic mass is 19.4. The molecule has 0 aliphatic heterocycles. The van der Waals surface area contributed by atoms with Crippen LogP contribution in [0.5, 0.6) is 5.75 Å². The first-order chi connectivity index (χ1) is 9.95. The van der Waals surface area contributed by atoms with Gasteiger partial charge in [-0.25, -0.2) is 4.98 Å². The summed E-state index contributed by atoms with van der Waals surface area (Å²) in [5, 5.41) is 2.65. The fourth-order valence-electron chi connectivity index (χ4n) is 1.92. The molecule has 0 aliphatic rings. The van der Waals surface area contributed by atoms with Crippen LogP contribution >= 0.6 is 0 Å². The number of rotatable bonds is 4. The maximum absolute atomic E-state index is 13.0. The van der Waals surface area contributed by atoms with Gasteiger partial charge < -0.3 is 10.1 Å². The van der Waals surface area contributed by atoms with Crippen molar-refractivity contribution in [3.63, 3.8) is 0 Å². The fraction of sp³-hybridized carbons (Fsp3) is 0.267. The van der Waals surface area contributed by atoms with Crippen molar-refractivity contribution in [2.24, 2.45) is 0 Å². The Hall–Kier alpha value is -2.24. The van der Waals surface area contributed by atoms with Crippen LogP contribution in [0, 0.1) is 0 Å². The molecule has 0 radical (unpaired) electrons. The van der Waals surface area contributed by atoms with Crippen LogP contribution in [-0.4, -0.2) is 18.6 Å². The predicted octanol–water partition coefficient (Wildman–Crippen LogP) is 4.21. The fourth-order valence-corrected chi connectivity index (χ4v) is 1.92. The first-order valence-corrected chi connectivity index (χ1v) is 6.45. The maximum Gasteiger partial charge on any atom is 0.416 e. The van der Waals surface area contributed by atoms with E-state index in [1.165, 1.54) is 7.05 Å². The summed E-state index contributed by atoms with van der Waals surface area (Å²) in [5.74, 6) is 0.667. The van der Waals surface area contributed by atoms with Crippen molar-refractivity contribution in [1.29, 1.82) is 0 Å². The molecule has 3 nitrogen and oxygen atoms in total. The van der Waals surface area contributed by atoms with Crippen LogP contribution in [0.2, 0.25) is 0 Å². The molecular formula is C15H15F3N2O. The molecule has 0 unspecified atom stereocenters. The number of pyridine rings is 1. The number of hydrogen-bond acceptors (Lipinski definition) is 3. The van der Waals surface area contributed by atoms with Crippen LogP contribution in [0.1, 0.15) is 12.5 Å². The number of anilines is 1. The van der Waals surface area contributed by atoms with E-state index in [1.54, 1.807) is 24.3 Å². The second kappa shape index (κ2) is 6.03. The van der Waals surface area contributed by atoms with Crippen molar-refractivity contribution in [2.75, 3.05) is 19.0 Å². The summed E-state index contributed by atoms with van der Waals surface area (Å²) in [5.41, 5.74) is 0.00308. The van der Waals surface area contributed by atoms with Gasteiger partial charge in [0.2, 0.25) is 0 Å². The van der Waals surface area contributed by atoms with E-state index in [9.17, 15) is 13.2 Å². The summed E-state index contributed by atoms with van der Waals surface area (Å²) in [6, 6.07) is 8.90. The van der Waals surface area contributed by atoms with E-state index in [1.807, 2.05) is 6.92 Å². The third-order valence-corrected chi connectivity index (χ3v) is 2.87. The van der Waals surface area contributed by atoms with E-state index >= 15 is 0 Å². The van der Waals surface area contributed by atoms with E-state index in [4.69, 9.17) is 4.74 Å². The lowest BCUT2D eigenvalue weighted by atomic mass is 10.1. The number of nitrogens with one attached hydrogen (secondary N) is 1. The van der Waals surface area contributed by atoms with E-state index in [0.29, 0.717) is 17.9 Å². The average molecular weight is 296 g/mol. The zero-order valence-electron chi connectivity index (χ0n) is 11.7.